The van der Waals surface area contributed by atoms with Gasteiger partial charge >= 0.3 is 6.03 Å². The third-order valence-electron chi connectivity index (χ3n) is 4.16. The molecule has 1 N–H and O–H groups in total. The van der Waals surface area contributed by atoms with Crippen LogP contribution >= 0.6 is 23.4 Å². The maximum absolute atomic E-state index is 11.3. The molecule has 2 aromatic heterocycles. The van der Waals surface area contributed by atoms with Gasteiger partial charge in [-0.3, -0.25) is 4.98 Å². The van der Waals surface area contributed by atoms with Crippen molar-refractivity contribution in [1.29, 1.82) is 5.26 Å². The van der Waals surface area contributed by atoms with Crippen LogP contribution in [0.2, 0.25) is 5.15 Å². The zero-order chi connectivity index (χ0) is 22.8. The minimum absolute atomic E-state index is 0.328. The second kappa shape index (κ2) is 11.8. The smallest absolute Gasteiger partial charge is 0.345 e. The lowest BCUT2D eigenvalue weighted by molar-refractivity contribution is 0.204. The number of aliphatic imine (C=N–C) groups is 1. The van der Waals surface area contributed by atoms with Crippen LogP contribution in [0.15, 0.2) is 58.1 Å². The van der Waals surface area contributed by atoms with Gasteiger partial charge in [0.1, 0.15) is 5.15 Å². The summed E-state index contributed by atoms with van der Waals surface area (Å²) in [5, 5.41) is 19.0. The van der Waals surface area contributed by atoms with Crippen molar-refractivity contribution in [2.24, 2.45) is 15.2 Å². The number of carbonyl (C=O) groups is 1. The molecule has 0 aliphatic carbocycles. The summed E-state index contributed by atoms with van der Waals surface area (Å²) in [4.78, 5) is 25.2. The van der Waals surface area contributed by atoms with Crippen molar-refractivity contribution >= 4 is 46.5 Å². The van der Waals surface area contributed by atoms with E-state index >= 15 is 0 Å². The number of hydrogen-bond acceptors (Lipinski definition) is 8. The summed E-state index contributed by atoms with van der Waals surface area (Å²) in [6, 6.07) is 7.04. The summed E-state index contributed by atoms with van der Waals surface area (Å²) in [6.07, 6.45) is 8.51. The topological polar surface area (TPSA) is 122 Å². The molecule has 2 aromatic rings. The van der Waals surface area contributed by atoms with Gasteiger partial charge < -0.3 is 4.90 Å². The maximum atomic E-state index is 11.3. The van der Waals surface area contributed by atoms with E-state index in [0.29, 0.717) is 11.7 Å². The zero-order valence-electron chi connectivity index (χ0n) is 17.2. The van der Waals surface area contributed by atoms with E-state index in [0.717, 1.165) is 40.8 Å². The molecule has 4 heterocycles. The number of amides is 2. The van der Waals surface area contributed by atoms with E-state index in [9.17, 15) is 4.79 Å². The fraction of sp³-hybridized carbons (Fsp3) is 0.250. The summed E-state index contributed by atoms with van der Waals surface area (Å²) in [7, 11) is 0. The molecular weight excluding hydrogens is 450 g/mol. The van der Waals surface area contributed by atoms with Crippen LogP contribution in [0, 0.1) is 11.5 Å². The summed E-state index contributed by atoms with van der Waals surface area (Å²) < 4.78 is 0. The highest BCUT2D eigenvalue weighted by atomic mass is 35.5. The number of nitrogens with zero attached hydrogens (tertiary/aromatic N) is 8. The second-order valence-corrected chi connectivity index (χ2v) is 8.06. The summed E-state index contributed by atoms with van der Waals surface area (Å²) in [5.74, 6) is 0.974. The van der Waals surface area contributed by atoms with Crippen molar-refractivity contribution in [2.45, 2.75) is 13.5 Å². The molecule has 164 valence electrons. The number of hydrazone groups is 2. The fourth-order valence-electron chi connectivity index (χ4n) is 2.65. The number of halogens is 1. The highest BCUT2D eigenvalue weighted by Crippen LogP contribution is 2.20. The summed E-state index contributed by atoms with van der Waals surface area (Å²) in [6.45, 7) is 3.86. The van der Waals surface area contributed by atoms with Gasteiger partial charge in [0.05, 0.1) is 18.5 Å². The normalized spacial score (nSPS) is 17.0. The lowest BCUT2D eigenvalue weighted by atomic mass is 10.3. The summed E-state index contributed by atoms with van der Waals surface area (Å²) >= 11 is 7.32. The monoisotopic (exact) mass is 469 g/mol. The number of pyridine rings is 2. The highest BCUT2D eigenvalue weighted by Gasteiger charge is 2.19. The van der Waals surface area contributed by atoms with Crippen LogP contribution in [0.1, 0.15) is 18.1 Å². The van der Waals surface area contributed by atoms with Crippen molar-refractivity contribution < 1.29 is 4.79 Å². The third-order valence-corrected chi connectivity index (χ3v) is 5.37. The molecule has 0 aromatic carbocycles. The molecule has 32 heavy (non-hydrogen) atoms. The first-order chi connectivity index (χ1) is 15.5. The minimum atomic E-state index is -0.328. The van der Waals surface area contributed by atoms with Crippen LogP contribution < -0.4 is 5.43 Å². The van der Waals surface area contributed by atoms with Crippen molar-refractivity contribution in [3.8, 4) is 6.19 Å². The Morgan fingerprint density at radius 3 is 2.97 bits per heavy atom. The number of urea groups is 1. The maximum Gasteiger partial charge on any atom is 0.358 e. The van der Waals surface area contributed by atoms with Crippen LogP contribution in [0.5, 0.6) is 0 Å². The molecule has 1 saturated heterocycles. The van der Waals surface area contributed by atoms with Gasteiger partial charge in [-0.2, -0.15) is 15.5 Å². The van der Waals surface area contributed by atoms with E-state index in [4.69, 9.17) is 16.9 Å². The van der Waals surface area contributed by atoms with E-state index in [2.05, 4.69) is 35.5 Å². The van der Waals surface area contributed by atoms with Gasteiger partial charge in [0, 0.05) is 43.0 Å². The van der Waals surface area contributed by atoms with E-state index < -0.39 is 0 Å². The van der Waals surface area contributed by atoms with Gasteiger partial charge in [-0.05, 0) is 24.6 Å². The number of thioether (sulfide) groups is 1. The number of nitriles is 1. The Morgan fingerprint density at radius 1 is 1.38 bits per heavy atom. The van der Waals surface area contributed by atoms with Gasteiger partial charge in [-0.15, -0.1) is 4.99 Å². The highest BCUT2D eigenvalue weighted by molar-refractivity contribution is 8.14. The van der Waals surface area contributed by atoms with Crippen LogP contribution in [0.4, 0.5) is 4.79 Å². The first kappa shape index (κ1) is 23.2. The van der Waals surface area contributed by atoms with E-state index in [1.54, 1.807) is 42.6 Å². The number of rotatable bonds is 4. The SMILES string of the molecule is CC1=NNC(=O)N(/N=C/c2cccnc2)C1.N#CN=C1SCCN1Cc1ccc(Cl)nc1. The second-order valence-electron chi connectivity index (χ2n) is 6.61. The van der Waals surface area contributed by atoms with Gasteiger partial charge in [-0.1, -0.05) is 35.5 Å². The molecule has 0 bridgehead atoms. The Morgan fingerprint density at radius 2 is 2.25 bits per heavy atom. The van der Waals surface area contributed by atoms with Gasteiger partial charge in [0.25, 0.3) is 0 Å². The molecule has 12 heteroatoms. The minimum Gasteiger partial charge on any atom is -0.345 e. The van der Waals surface area contributed by atoms with Crippen molar-refractivity contribution in [3.05, 3.63) is 59.1 Å². The standard InChI is InChI=1S/C10H9ClN4S.C10H11N5O/c11-9-2-1-8(5-13-9)6-15-3-4-16-10(15)14-7-12;1-8-7-15(10(16)14-13-8)12-6-9-3-2-4-11-5-9/h1-2,5H,3-4,6H2;2-6H,7H2,1H3,(H,14,16)/b;12-6+. The molecule has 1 fully saturated rings. The van der Waals surface area contributed by atoms with Gasteiger partial charge in [-0.25, -0.2) is 20.2 Å². The van der Waals surface area contributed by atoms with Crippen LogP contribution in [-0.2, 0) is 6.54 Å². The number of hydrogen-bond donors (Lipinski definition) is 1. The summed E-state index contributed by atoms with van der Waals surface area (Å²) in [5.41, 5.74) is 5.08. The Kier molecular flexibility index (Phi) is 8.53. The van der Waals surface area contributed by atoms with Crippen molar-refractivity contribution in [3.63, 3.8) is 0 Å². The molecule has 0 saturated carbocycles. The molecule has 2 aliphatic rings. The number of carbonyl (C=O) groups excluding carboxylic acids is 1. The predicted octanol–water partition coefficient (Wildman–Crippen LogP) is 2.94. The van der Waals surface area contributed by atoms with Crippen LogP contribution in [0.25, 0.3) is 0 Å². The van der Waals surface area contributed by atoms with Crippen LogP contribution in [-0.4, -0.2) is 61.8 Å². The molecule has 10 nitrogen and oxygen atoms in total. The average molecular weight is 470 g/mol. The Bertz CT molecular complexity index is 1050. The largest absolute Gasteiger partial charge is 0.358 e. The molecular formula is C20H20ClN9OS. The van der Waals surface area contributed by atoms with E-state index in [1.807, 2.05) is 31.3 Å². The number of amidine groups is 1. The molecule has 0 atom stereocenters. The van der Waals surface area contributed by atoms with E-state index in [-0.39, 0.29) is 6.03 Å². The lowest BCUT2D eigenvalue weighted by Crippen LogP contribution is -2.42. The quantitative estimate of drug-likeness (QED) is 0.417. The molecule has 4 rings (SSSR count). The van der Waals surface area contributed by atoms with Gasteiger partial charge in [0.2, 0.25) is 6.19 Å². The van der Waals surface area contributed by atoms with Gasteiger partial charge in [0.15, 0.2) is 5.17 Å². The fourth-order valence-corrected chi connectivity index (χ4v) is 3.70. The Balaban J connectivity index is 0.000000181. The number of nitrogens with one attached hydrogen (secondary N) is 1. The first-order valence-electron chi connectivity index (χ1n) is 9.55. The van der Waals surface area contributed by atoms with E-state index in [1.165, 1.54) is 5.01 Å². The third kappa shape index (κ3) is 7.04. The Hall–Kier alpha value is -3.49. The molecule has 0 unspecified atom stereocenters. The van der Waals surface area contributed by atoms with Crippen molar-refractivity contribution in [2.75, 3.05) is 18.8 Å². The number of aromatic nitrogens is 2. The average Bonchev–Trinajstić information content (AvgIpc) is 3.24. The zero-order valence-corrected chi connectivity index (χ0v) is 18.8. The predicted molar refractivity (Wildman–Crippen MR) is 125 cm³/mol. The molecule has 0 spiro atoms. The van der Waals surface area contributed by atoms with Crippen LogP contribution in [0.3, 0.4) is 0 Å². The van der Waals surface area contributed by atoms with Crippen molar-refractivity contribution in [1.82, 2.24) is 25.3 Å². The molecule has 0 radical (unpaired) electrons. The molecule has 2 aliphatic heterocycles. The molecule has 2 amide bonds. The first-order valence-corrected chi connectivity index (χ1v) is 10.9. The Labute approximate surface area is 194 Å². The lowest BCUT2D eigenvalue weighted by Gasteiger charge is -2.20.